The van der Waals surface area contributed by atoms with E-state index >= 15 is 0 Å². The van der Waals surface area contributed by atoms with Crippen LogP contribution in [0, 0.1) is 10.6 Å². The molecule has 0 fully saturated rings. The Morgan fingerprint density at radius 3 is 2.95 bits per heavy atom. The van der Waals surface area contributed by atoms with Gasteiger partial charge < -0.3 is 15.3 Å². The first-order valence-corrected chi connectivity index (χ1v) is 6.17. The van der Waals surface area contributed by atoms with Crippen LogP contribution in [-0.4, -0.2) is 20.9 Å². The van der Waals surface area contributed by atoms with Crippen LogP contribution in [-0.2, 0) is 0 Å². The van der Waals surface area contributed by atoms with E-state index in [0.29, 0.717) is 21.5 Å². The van der Waals surface area contributed by atoms with Crippen LogP contribution in [0.3, 0.4) is 0 Å². The van der Waals surface area contributed by atoms with Gasteiger partial charge in [0, 0.05) is 6.20 Å². The molecule has 1 aromatic carbocycles. The van der Waals surface area contributed by atoms with Gasteiger partial charge in [-0.25, -0.2) is 4.39 Å². The van der Waals surface area contributed by atoms with Crippen LogP contribution >= 0.6 is 12.2 Å². The van der Waals surface area contributed by atoms with Gasteiger partial charge in [-0.2, -0.15) is 0 Å². The zero-order valence-corrected chi connectivity index (χ0v) is 10.9. The standard InChI is InChI=1S/C13H9FN4OS/c14-7-4-9(11-10(5-7)17-13(20)18-11)12(19)16-8-2-1-3-15-6-8/h1-6H,(H,16,19)(H2,17,18,20). The zero-order valence-electron chi connectivity index (χ0n) is 10.1. The molecule has 5 nitrogen and oxygen atoms in total. The third-order valence-corrected chi connectivity index (χ3v) is 2.96. The lowest BCUT2D eigenvalue weighted by atomic mass is 10.1. The topological polar surface area (TPSA) is 73.6 Å². The lowest BCUT2D eigenvalue weighted by molar-refractivity contribution is 0.102. The number of aromatic nitrogens is 3. The number of benzene rings is 1. The molecule has 100 valence electrons. The molecule has 2 heterocycles. The molecular weight excluding hydrogens is 279 g/mol. The molecule has 0 atom stereocenters. The summed E-state index contributed by atoms with van der Waals surface area (Å²) in [6.07, 6.45) is 3.10. The van der Waals surface area contributed by atoms with Crippen LogP contribution in [0.15, 0.2) is 36.7 Å². The second-order valence-corrected chi connectivity index (χ2v) is 4.56. The zero-order chi connectivity index (χ0) is 14.1. The fourth-order valence-electron chi connectivity index (χ4n) is 1.92. The summed E-state index contributed by atoms with van der Waals surface area (Å²) in [5.74, 6) is -0.952. The molecule has 3 rings (SSSR count). The number of carbonyl (C=O) groups is 1. The predicted octanol–water partition coefficient (Wildman–Crippen LogP) is 3.01. The van der Waals surface area contributed by atoms with E-state index in [9.17, 15) is 9.18 Å². The normalized spacial score (nSPS) is 10.7. The van der Waals surface area contributed by atoms with Crippen LogP contribution < -0.4 is 5.32 Å². The Balaban J connectivity index is 2.05. The van der Waals surface area contributed by atoms with E-state index < -0.39 is 11.7 Å². The van der Waals surface area contributed by atoms with Crippen molar-refractivity contribution in [3.05, 3.63) is 52.8 Å². The highest BCUT2D eigenvalue weighted by Gasteiger charge is 2.14. The predicted molar refractivity (Wildman–Crippen MR) is 75.6 cm³/mol. The van der Waals surface area contributed by atoms with Gasteiger partial charge in [-0.1, -0.05) is 0 Å². The van der Waals surface area contributed by atoms with E-state index in [-0.39, 0.29) is 5.56 Å². The number of rotatable bonds is 2. The number of hydrogen-bond acceptors (Lipinski definition) is 3. The Kier molecular flexibility index (Phi) is 3.03. The van der Waals surface area contributed by atoms with Crippen molar-refractivity contribution in [3.8, 4) is 0 Å². The van der Waals surface area contributed by atoms with Crippen molar-refractivity contribution in [2.45, 2.75) is 0 Å². The summed E-state index contributed by atoms with van der Waals surface area (Å²) in [6.45, 7) is 0. The molecule has 0 aliphatic heterocycles. The summed E-state index contributed by atoms with van der Waals surface area (Å²) in [5, 5.41) is 2.65. The second-order valence-electron chi connectivity index (χ2n) is 4.15. The molecule has 20 heavy (non-hydrogen) atoms. The first-order chi connectivity index (χ1) is 9.63. The Hall–Kier alpha value is -2.54. The molecule has 3 N–H and O–H groups in total. The lowest BCUT2D eigenvalue weighted by Crippen LogP contribution is -2.13. The highest BCUT2D eigenvalue weighted by molar-refractivity contribution is 7.71. The van der Waals surface area contributed by atoms with E-state index in [2.05, 4.69) is 20.3 Å². The van der Waals surface area contributed by atoms with Gasteiger partial charge in [-0.3, -0.25) is 9.78 Å². The van der Waals surface area contributed by atoms with Gasteiger partial charge in [0.15, 0.2) is 4.77 Å². The first-order valence-electron chi connectivity index (χ1n) is 5.76. The van der Waals surface area contributed by atoms with Crippen molar-refractivity contribution in [1.29, 1.82) is 0 Å². The molecule has 3 aromatic rings. The summed E-state index contributed by atoms with van der Waals surface area (Å²) >= 11 is 4.96. The van der Waals surface area contributed by atoms with Crippen molar-refractivity contribution in [2.75, 3.05) is 5.32 Å². The molecule has 0 radical (unpaired) electrons. The Morgan fingerprint density at radius 1 is 1.35 bits per heavy atom. The molecule has 0 saturated carbocycles. The Bertz CT molecular complexity index is 840. The number of hydrogen-bond donors (Lipinski definition) is 3. The van der Waals surface area contributed by atoms with Gasteiger partial charge in [-0.15, -0.1) is 0 Å². The molecule has 1 amide bonds. The van der Waals surface area contributed by atoms with Crippen molar-refractivity contribution in [1.82, 2.24) is 15.0 Å². The van der Waals surface area contributed by atoms with Gasteiger partial charge in [-0.05, 0) is 36.5 Å². The van der Waals surface area contributed by atoms with Gasteiger partial charge >= 0.3 is 0 Å². The maximum atomic E-state index is 13.5. The third kappa shape index (κ3) is 2.30. The van der Waals surface area contributed by atoms with Crippen LogP contribution in [0.4, 0.5) is 10.1 Å². The maximum absolute atomic E-state index is 13.5. The van der Waals surface area contributed by atoms with Crippen molar-refractivity contribution in [3.63, 3.8) is 0 Å². The van der Waals surface area contributed by atoms with Crippen molar-refractivity contribution in [2.24, 2.45) is 0 Å². The Morgan fingerprint density at radius 2 is 2.20 bits per heavy atom. The van der Waals surface area contributed by atoms with Gasteiger partial charge in [0.2, 0.25) is 0 Å². The number of anilines is 1. The quantitative estimate of drug-likeness (QED) is 0.635. The number of aromatic amines is 2. The highest BCUT2D eigenvalue weighted by atomic mass is 32.1. The lowest BCUT2D eigenvalue weighted by Gasteiger charge is -2.05. The number of pyridine rings is 1. The molecule has 0 aliphatic rings. The average Bonchev–Trinajstić information content (AvgIpc) is 2.78. The molecule has 0 unspecified atom stereocenters. The van der Waals surface area contributed by atoms with Gasteiger partial charge in [0.05, 0.1) is 28.5 Å². The third-order valence-electron chi connectivity index (χ3n) is 2.75. The molecule has 7 heteroatoms. The largest absolute Gasteiger partial charge is 0.331 e. The van der Waals surface area contributed by atoms with Crippen LogP contribution in [0.2, 0.25) is 0 Å². The average molecular weight is 288 g/mol. The summed E-state index contributed by atoms with van der Waals surface area (Å²) in [5.41, 5.74) is 1.63. The van der Waals surface area contributed by atoms with Crippen molar-refractivity contribution < 1.29 is 9.18 Å². The second kappa shape index (κ2) is 4.86. The summed E-state index contributed by atoms with van der Waals surface area (Å²) < 4.78 is 13.9. The minimum Gasteiger partial charge on any atom is -0.331 e. The first kappa shape index (κ1) is 12.5. The van der Waals surface area contributed by atoms with Gasteiger partial charge in [0.25, 0.3) is 5.91 Å². The highest BCUT2D eigenvalue weighted by Crippen LogP contribution is 2.19. The SMILES string of the molecule is O=C(Nc1cccnc1)c1cc(F)cc2[nH]c(=S)[nH]c12. The monoisotopic (exact) mass is 288 g/mol. The van der Waals surface area contributed by atoms with Crippen LogP contribution in [0.25, 0.3) is 11.0 Å². The fourth-order valence-corrected chi connectivity index (χ4v) is 2.13. The summed E-state index contributed by atoms with van der Waals surface area (Å²) in [7, 11) is 0. The number of carbonyl (C=O) groups excluding carboxylic acids is 1. The van der Waals surface area contributed by atoms with Crippen LogP contribution in [0.1, 0.15) is 10.4 Å². The van der Waals surface area contributed by atoms with Gasteiger partial charge in [0.1, 0.15) is 5.82 Å². The number of nitrogens with zero attached hydrogens (tertiary/aromatic N) is 1. The van der Waals surface area contributed by atoms with E-state index in [1.165, 1.54) is 12.3 Å². The van der Waals surface area contributed by atoms with Crippen molar-refractivity contribution >= 4 is 34.8 Å². The number of halogens is 1. The number of imidazole rings is 1. The van der Waals surface area contributed by atoms with Crippen LogP contribution in [0.5, 0.6) is 0 Å². The molecule has 2 aromatic heterocycles. The maximum Gasteiger partial charge on any atom is 0.258 e. The van der Waals surface area contributed by atoms with E-state index in [1.54, 1.807) is 18.3 Å². The molecule has 0 spiro atoms. The summed E-state index contributed by atoms with van der Waals surface area (Å²) in [4.78, 5) is 21.7. The molecule has 0 aliphatic carbocycles. The minimum atomic E-state index is -0.515. The number of nitrogens with one attached hydrogen (secondary N) is 3. The summed E-state index contributed by atoms with van der Waals surface area (Å²) in [6, 6.07) is 5.83. The molecular formula is C13H9FN4OS. The fraction of sp³-hybridized carbons (Fsp3) is 0. The Labute approximate surface area is 117 Å². The van der Waals surface area contributed by atoms with E-state index in [1.807, 2.05) is 0 Å². The van der Waals surface area contributed by atoms with E-state index in [0.717, 1.165) is 6.07 Å². The molecule has 0 bridgehead atoms. The smallest absolute Gasteiger partial charge is 0.258 e. The van der Waals surface area contributed by atoms with E-state index in [4.69, 9.17) is 12.2 Å². The molecule has 0 saturated heterocycles. The number of H-pyrrole nitrogens is 2. The minimum absolute atomic E-state index is 0.177. The number of amides is 1. The number of fused-ring (bicyclic) bond motifs is 1.